The zero-order chi connectivity index (χ0) is 13.2. The van der Waals surface area contributed by atoms with E-state index in [1.54, 1.807) is 11.8 Å². The molecule has 1 amide bonds. The summed E-state index contributed by atoms with van der Waals surface area (Å²) in [6.07, 6.45) is 5.24. The average Bonchev–Trinajstić information content (AvgIpc) is 3.02. The van der Waals surface area contributed by atoms with Gasteiger partial charge in [-0.3, -0.25) is 4.79 Å². The molecular formula is C16H21NOS. The Bertz CT molecular complexity index is 447. The van der Waals surface area contributed by atoms with E-state index in [-0.39, 0.29) is 11.2 Å². The third kappa shape index (κ3) is 2.97. The number of amides is 1. The summed E-state index contributed by atoms with van der Waals surface area (Å²) in [5, 5.41) is 3.26. The number of carbonyl (C=O) groups excluding carboxylic acids is 1. The molecule has 102 valence electrons. The molecular weight excluding hydrogens is 254 g/mol. The lowest BCUT2D eigenvalue weighted by Gasteiger charge is -2.24. The van der Waals surface area contributed by atoms with Gasteiger partial charge in [0.05, 0.1) is 5.25 Å². The summed E-state index contributed by atoms with van der Waals surface area (Å²) >= 11 is 1.64. The predicted octanol–water partition coefficient (Wildman–Crippen LogP) is 3.47. The summed E-state index contributed by atoms with van der Waals surface area (Å²) in [4.78, 5) is 13.4. The smallest absolute Gasteiger partial charge is 0.233 e. The molecule has 2 aliphatic carbocycles. The fourth-order valence-corrected chi connectivity index (χ4v) is 4.38. The molecule has 0 heterocycles. The van der Waals surface area contributed by atoms with Crippen LogP contribution < -0.4 is 5.32 Å². The van der Waals surface area contributed by atoms with Gasteiger partial charge in [-0.1, -0.05) is 24.6 Å². The van der Waals surface area contributed by atoms with Crippen LogP contribution in [0.4, 0.5) is 0 Å². The van der Waals surface area contributed by atoms with Crippen LogP contribution in [-0.2, 0) is 4.79 Å². The third-order valence-corrected chi connectivity index (χ3v) is 5.60. The van der Waals surface area contributed by atoms with E-state index in [1.165, 1.54) is 25.7 Å². The quantitative estimate of drug-likeness (QED) is 0.852. The van der Waals surface area contributed by atoms with Crippen LogP contribution in [0.15, 0.2) is 35.2 Å². The first-order chi connectivity index (χ1) is 9.22. The van der Waals surface area contributed by atoms with Crippen molar-refractivity contribution < 1.29 is 4.79 Å². The van der Waals surface area contributed by atoms with E-state index >= 15 is 0 Å². The van der Waals surface area contributed by atoms with Crippen LogP contribution in [0.5, 0.6) is 0 Å². The topological polar surface area (TPSA) is 29.1 Å². The van der Waals surface area contributed by atoms with E-state index in [0.717, 1.165) is 16.7 Å². The van der Waals surface area contributed by atoms with E-state index < -0.39 is 0 Å². The molecule has 1 aromatic rings. The number of rotatable bonds is 4. The van der Waals surface area contributed by atoms with Gasteiger partial charge in [0.15, 0.2) is 0 Å². The number of nitrogens with one attached hydrogen (secondary N) is 1. The molecule has 3 heteroatoms. The minimum atomic E-state index is -0.0125. The van der Waals surface area contributed by atoms with Gasteiger partial charge in [-0.15, -0.1) is 11.8 Å². The summed E-state index contributed by atoms with van der Waals surface area (Å²) in [5.74, 6) is 1.83. The van der Waals surface area contributed by atoms with Crippen LogP contribution in [-0.4, -0.2) is 17.2 Å². The number of fused-ring (bicyclic) bond motifs is 2. The molecule has 0 aliphatic heterocycles. The van der Waals surface area contributed by atoms with Crippen LogP contribution in [0.2, 0.25) is 0 Å². The molecule has 2 saturated carbocycles. The zero-order valence-electron chi connectivity index (χ0n) is 11.3. The van der Waals surface area contributed by atoms with Crippen LogP contribution >= 0.6 is 11.8 Å². The van der Waals surface area contributed by atoms with Gasteiger partial charge >= 0.3 is 0 Å². The van der Waals surface area contributed by atoms with Crippen LogP contribution in [0.1, 0.15) is 32.6 Å². The predicted molar refractivity (Wildman–Crippen MR) is 79.1 cm³/mol. The molecule has 1 N–H and O–H groups in total. The summed E-state index contributed by atoms with van der Waals surface area (Å²) < 4.78 is 0. The van der Waals surface area contributed by atoms with Crippen molar-refractivity contribution in [1.29, 1.82) is 0 Å². The van der Waals surface area contributed by atoms with Gasteiger partial charge in [0.1, 0.15) is 0 Å². The third-order valence-electron chi connectivity index (χ3n) is 4.49. The minimum absolute atomic E-state index is 0.0125. The van der Waals surface area contributed by atoms with Crippen molar-refractivity contribution >= 4 is 17.7 Å². The first-order valence-electron chi connectivity index (χ1n) is 7.24. The van der Waals surface area contributed by atoms with Crippen molar-refractivity contribution in [2.75, 3.05) is 0 Å². The molecule has 0 radical (unpaired) electrons. The van der Waals surface area contributed by atoms with Crippen LogP contribution in [0.3, 0.4) is 0 Å². The molecule has 3 rings (SSSR count). The lowest BCUT2D eigenvalue weighted by molar-refractivity contribution is -0.121. The van der Waals surface area contributed by atoms with E-state index in [0.29, 0.717) is 6.04 Å². The van der Waals surface area contributed by atoms with E-state index in [4.69, 9.17) is 0 Å². The van der Waals surface area contributed by atoms with Gasteiger partial charge in [0.25, 0.3) is 0 Å². The fraction of sp³-hybridized carbons (Fsp3) is 0.562. The standard InChI is InChI=1S/C16H21NOS/c1-11(19-14-5-3-2-4-6-14)16(18)17-15-10-12-7-8-13(15)9-12/h2-6,11-13,15H,7-10H2,1H3,(H,17,18)/t11?,12-,13+,15+/m0/s1. The first-order valence-corrected chi connectivity index (χ1v) is 8.12. The van der Waals surface area contributed by atoms with Crippen molar-refractivity contribution in [3.05, 3.63) is 30.3 Å². The number of benzene rings is 1. The molecule has 2 fully saturated rings. The van der Waals surface area contributed by atoms with Crippen molar-refractivity contribution in [3.8, 4) is 0 Å². The highest BCUT2D eigenvalue weighted by molar-refractivity contribution is 8.00. The lowest BCUT2D eigenvalue weighted by atomic mass is 9.95. The normalized spacial score (nSPS) is 30.3. The minimum Gasteiger partial charge on any atom is -0.352 e. The second-order valence-corrected chi connectivity index (χ2v) is 7.28. The summed E-state index contributed by atoms with van der Waals surface area (Å²) in [5.41, 5.74) is 0. The Morgan fingerprint density at radius 3 is 2.68 bits per heavy atom. The van der Waals surface area contributed by atoms with Gasteiger partial charge in [0.2, 0.25) is 5.91 Å². The molecule has 0 aromatic heterocycles. The Kier molecular flexibility index (Phi) is 3.83. The maximum Gasteiger partial charge on any atom is 0.233 e. The largest absolute Gasteiger partial charge is 0.352 e. The maximum atomic E-state index is 12.2. The first kappa shape index (κ1) is 13.0. The number of hydrogen-bond donors (Lipinski definition) is 1. The fourth-order valence-electron chi connectivity index (χ4n) is 3.48. The highest BCUT2D eigenvalue weighted by Gasteiger charge is 2.40. The highest BCUT2D eigenvalue weighted by atomic mass is 32.2. The maximum absolute atomic E-state index is 12.2. The van der Waals surface area contributed by atoms with Crippen molar-refractivity contribution in [2.45, 2.75) is 48.8 Å². The molecule has 1 unspecified atom stereocenters. The Morgan fingerprint density at radius 1 is 1.26 bits per heavy atom. The monoisotopic (exact) mass is 275 g/mol. The van der Waals surface area contributed by atoms with Gasteiger partial charge in [-0.25, -0.2) is 0 Å². The molecule has 1 aromatic carbocycles. The van der Waals surface area contributed by atoms with E-state index in [9.17, 15) is 4.79 Å². The van der Waals surface area contributed by atoms with Crippen molar-refractivity contribution in [1.82, 2.24) is 5.32 Å². The Labute approximate surface area is 119 Å². The van der Waals surface area contributed by atoms with Crippen LogP contribution in [0.25, 0.3) is 0 Å². The van der Waals surface area contributed by atoms with Gasteiger partial charge in [-0.05, 0) is 50.2 Å². The second-order valence-electron chi connectivity index (χ2n) is 5.86. The van der Waals surface area contributed by atoms with E-state index in [2.05, 4.69) is 17.4 Å². The Balaban J connectivity index is 1.53. The Morgan fingerprint density at radius 2 is 2.05 bits per heavy atom. The summed E-state index contributed by atoms with van der Waals surface area (Å²) in [6.45, 7) is 2.00. The SMILES string of the molecule is CC(Sc1ccccc1)C(=O)N[C@@H]1C[C@H]2CC[C@@H]1C2. The van der Waals surface area contributed by atoms with Gasteiger partial charge in [0, 0.05) is 10.9 Å². The number of thioether (sulfide) groups is 1. The van der Waals surface area contributed by atoms with Crippen molar-refractivity contribution in [3.63, 3.8) is 0 Å². The zero-order valence-corrected chi connectivity index (χ0v) is 12.2. The average molecular weight is 275 g/mol. The number of carbonyl (C=O) groups is 1. The van der Waals surface area contributed by atoms with Crippen LogP contribution in [0, 0.1) is 11.8 Å². The molecule has 2 aliphatic rings. The number of hydrogen-bond acceptors (Lipinski definition) is 2. The molecule has 19 heavy (non-hydrogen) atoms. The molecule has 2 bridgehead atoms. The highest BCUT2D eigenvalue weighted by Crippen LogP contribution is 2.44. The lowest BCUT2D eigenvalue weighted by Crippen LogP contribution is -2.42. The summed E-state index contributed by atoms with van der Waals surface area (Å²) in [7, 11) is 0. The molecule has 4 atom stereocenters. The second kappa shape index (κ2) is 5.58. The van der Waals surface area contributed by atoms with Crippen molar-refractivity contribution in [2.24, 2.45) is 11.8 Å². The van der Waals surface area contributed by atoms with E-state index in [1.807, 2.05) is 25.1 Å². The summed E-state index contributed by atoms with van der Waals surface area (Å²) in [6, 6.07) is 10.6. The Hall–Kier alpha value is -0.960. The van der Waals surface area contributed by atoms with Gasteiger partial charge in [-0.2, -0.15) is 0 Å². The molecule has 2 nitrogen and oxygen atoms in total. The van der Waals surface area contributed by atoms with Gasteiger partial charge < -0.3 is 5.32 Å². The molecule has 0 saturated heterocycles. The molecule has 0 spiro atoms.